The Kier molecular flexibility index (Phi) is 4.93. The van der Waals surface area contributed by atoms with E-state index < -0.39 is 5.97 Å². The summed E-state index contributed by atoms with van der Waals surface area (Å²) in [5, 5.41) is 8.68. The van der Waals surface area contributed by atoms with Gasteiger partial charge in [-0.15, -0.1) is 0 Å². The smallest absolute Gasteiger partial charge is 0.303 e. The number of carboxylic acid groups (broad SMARTS) is 1. The van der Waals surface area contributed by atoms with Gasteiger partial charge in [0.15, 0.2) is 0 Å². The van der Waals surface area contributed by atoms with Gasteiger partial charge in [0.25, 0.3) is 0 Å². The molecule has 104 valence electrons. The van der Waals surface area contributed by atoms with E-state index >= 15 is 0 Å². The lowest BCUT2D eigenvalue weighted by Crippen LogP contribution is -2.43. The molecule has 4 nitrogen and oxygen atoms in total. The highest BCUT2D eigenvalue weighted by Gasteiger charge is 2.25. The summed E-state index contributed by atoms with van der Waals surface area (Å²) in [6, 6.07) is 10.2. The summed E-state index contributed by atoms with van der Waals surface area (Å²) < 4.78 is 5.97. The molecule has 1 aromatic carbocycles. The molecule has 0 bridgehead atoms. The van der Waals surface area contributed by atoms with Crippen LogP contribution in [0.5, 0.6) is 0 Å². The molecule has 0 saturated carbocycles. The van der Waals surface area contributed by atoms with Crippen LogP contribution in [0.4, 0.5) is 0 Å². The van der Waals surface area contributed by atoms with Crippen LogP contribution < -0.4 is 0 Å². The van der Waals surface area contributed by atoms with Gasteiger partial charge in [0, 0.05) is 19.5 Å². The molecule has 1 aromatic rings. The molecule has 1 heterocycles. The maximum Gasteiger partial charge on any atom is 0.303 e. The van der Waals surface area contributed by atoms with E-state index in [-0.39, 0.29) is 18.6 Å². The maximum atomic E-state index is 10.5. The molecular weight excluding hydrogens is 242 g/mol. The van der Waals surface area contributed by atoms with Crippen LogP contribution in [0.3, 0.4) is 0 Å². The molecule has 1 saturated heterocycles. The number of hydrogen-bond donors (Lipinski definition) is 1. The standard InChI is InChI=1S/C15H21NO3/c1-12-10-16(9-5-8-15(17)18)11-14(19-12)13-6-3-2-4-7-13/h2-4,6-7,12,14H,5,8-11H2,1H3,(H,17,18)/t12-,14-/m0/s1. The number of ether oxygens (including phenoxy) is 1. The fourth-order valence-corrected chi connectivity index (χ4v) is 2.53. The Morgan fingerprint density at radius 2 is 2.11 bits per heavy atom. The highest BCUT2D eigenvalue weighted by Crippen LogP contribution is 2.25. The second kappa shape index (κ2) is 6.68. The minimum absolute atomic E-state index is 0.0924. The summed E-state index contributed by atoms with van der Waals surface area (Å²) in [7, 11) is 0. The summed E-state index contributed by atoms with van der Waals surface area (Å²) >= 11 is 0. The van der Waals surface area contributed by atoms with Crippen LogP contribution in [0.1, 0.15) is 31.4 Å². The normalized spacial score (nSPS) is 24.3. The number of benzene rings is 1. The molecule has 1 N–H and O–H groups in total. The third-order valence-electron chi connectivity index (χ3n) is 3.37. The van der Waals surface area contributed by atoms with E-state index in [1.807, 2.05) is 18.2 Å². The molecule has 4 heteroatoms. The number of carboxylic acids is 1. The van der Waals surface area contributed by atoms with Gasteiger partial charge < -0.3 is 9.84 Å². The van der Waals surface area contributed by atoms with Crippen molar-refractivity contribution >= 4 is 5.97 Å². The lowest BCUT2D eigenvalue weighted by molar-refractivity contribution is -0.137. The first-order chi connectivity index (χ1) is 9.15. The van der Waals surface area contributed by atoms with Gasteiger partial charge in [-0.2, -0.15) is 0 Å². The van der Waals surface area contributed by atoms with Gasteiger partial charge >= 0.3 is 5.97 Å². The average molecular weight is 263 g/mol. The highest BCUT2D eigenvalue weighted by molar-refractivity contribution is 5.66. The molecular formula is C15H21NO3. The van der Waals surface area contributed by atoms with E-state index in [0.29, 0.717) is 6.42 Å². The van der Waals surface area contributed by atoms with E-state index in [2.05, 4.69) is 24.0 Å². The summed E-state index contributed by atoms with van der Waals surface area (Å²) in [4.78, 5) is 12.8. The van der Waals surface area contributed by atoms with Crippen molar-refractivity contribution in [2.45, 2.75) is 32.0 Å². The second-order valence-electron chi connectivity index (χ2n) is 5.10. The van der Waals surface area contributed by atoms with Crippen LogP contribution in [0.15, 0.2) is 30.3 Å². The van der Waals surface area contributed by atoms with Crippen molar-refractivity contribution in [2.75, 3.05) is 19.6 Å². The molecule has 2 atom stereocenters. The Morgan fingerprint density at radius 3 is 2.79 bits per heavy atom. The molecule has 0 radical (unpaired) electrons. The van der Waals surface area contributed by atoms with E-state index in [1.54, 1.807) is 0 Å². The summed E-state index contributed by atoms with van der Waals surface area (Å²) in [6.45, 7) is 4.61. The van der Waals surface area contributed by atoms with E-state index in [9.17, 15) is 4.79 Å². The number of carbonyl (C=O) groups is 1. The van der Waals surface area contributed by atoms with Crippen LogP contribution in [-0.4, -0.2) is 41.7 Å². The third-order valence-corrected chi connectivity index (χ3v) is 3.37. The van der Waals surface area contributed by atoms with Crippen LogP contribution >= 0.6 is 0 Å². The fraction of sp³-hybridized carbons (Fsp3) is 0.533. The van der Waals surface area contributed by atoms with Crippen LogP contribution in [0.2, 0.25) is 0 Å². The number of aliphatic carboxylic acids is 1. The minimum Gasteiger partial charge on any atom is -0.481 e. The molecule has 1 aliphatic rings. The first kappa shape index (κ1) is 14.0. The predicted molar refractivity (Wildman–Crippen MR) is 73.0 cm³/mol. The Balaban J connectivity index is 1.90. The second-order valence-corrected chi connectivity index (χ2v) is 5.10. The molecule has 0 aliphatic carbocycles. The van der Waals surface area contributed by atoms with Crippen molar-refractivity contribution in [1.82, 2.24) is 4.90 Å². The Labute approximate surface area is 114 Å². The van der Waals surface area contributed by atoms with Gasteiger partial charge in [0.2, 0.25) is 0 Å². The van der Waals surface area contributed by atoms with Gasteiger partial charge in [-0.3, -0.25) is 9.69 Å². The number of nitrogens with zero attached hydrogens (tertiary/aromatic N) is 1. The van der Waals surface area contributed by atoms with Crippen LogP contribution in [-0.2, 0) is 9.53 Å². The summed E-state index contributed by atoms with van der Waals surface area (Å²) in [5.74, 6) is -0.721. The molecule has 1 fully saturated rings. The van der Waals surface area contributed by atoms with E-state index in [1.165, 1.54) is 5.56 Å². The minimum atomic E-state index is -0.721. The zero-order valence-corrected chi connectivity index (χ0v) is 11.3. The Bertz CT molecular complexity index is 407. The van der Waals surface area contributed by atoms with Gasteiger partial charge in [-0.05, 0) is 25.5 Å². The molecule has 0 spiro atoms. The van der Waals surface area contributed by atoms with Crippen molar-refractivity contribution in [3.05, 3.63) is 35.9 Å². The quantitative estimate of drug-likeness (QED) is 0.885. The number of hydrogen-bond acceptors (Lipinski definition) is 3. The SMILES string of the molecule is C[C@H]1CN(CCCC(=O)O)C[C@@H](c2ccccc2)O1. The largest absolute Gasteiger partial charge is 0.481 e. The van der Waals surface area contributed by atoms with Crippen molar-refractivity contribution in [1.29, 1.82) is 0 Å². The lowest BCUT2D eigenvalue weighted by atomic mass is 10.1. The molecule has 0 amide bonds. The Morgan fingerprint density at radius 1 is 1.37 bits per heavy atom. The van der Waals surface area contributed by atoms with Gasteiger partial charge in [-0.25, -0.2) is 0 Å². The van der Waals surface area contributed by atoms with Gasteiger partial charge in [0.05, 0.1) is 12.2 Å². The van der Waals surface area contributed by atoms with E-state index in [4.69, 9.17) is 9.84 Å². The summed E-state index contributed by atoms with van der Waals surface area (Å²) in [6.07, 6.45) is 1.21. The molecule has 0 unspecified atom stereocenters. The number of rotatable bonds is 5. The predicted octanol–water partition coefficient (Wildman–Crippen LogP) is 2.31. The van der Waals surface area contributed by atoms with Crippen molar-refractivity contribution in [2.24, 2.45) is 0 Å². The monoisotopic (exact) mass is 263 g/mol. The Hall–Kier alpha value is -1.39. The van der Waals surface area contributed by atoms with E-state index in [0.717, 1.165) is 19.6 Å². The first-order valence-electron chi connectivity index (χ1n) is 6.79. The third kappa shape index (κ3) is 4.33. The zero-order chi connectivity index (χ0) is 13.7. The fourth-order valence-electron chi connectivity index (χ4n) is 2.53. The molecule has 0 aromatic heterocycles. The van der Waals surface area contributed by atoms with Crippen molar-refractivity contribution < 1.29 is 14.6 Å². The highest BCUT2D eigenvalue weighted by atomic mass is 16.5. The van der Waals surface area contributed by atoms with Gasteiger partial charge in [-0.1, -0.05) is 30.3 Å². The first-order valence-corrected chi connectivity index (χ1v) is 6.79. The lowest BCUT2D eigenvalue weighted by Gasteiger charge is -2.37. The van der Waals surface area contributed by atoms with Crippen LogP contribution in [0.25, 0.3) is 0 Å². The maximum absolute atomic E-state index is 10.5. The molecule has 1 aliphatic heterocycles. The average Bonchev–Trinajstić information content (AvgIpc) is 2.39. The van der Waals surface area contributed by atoms with Crippen molar-refractivity contribution in [3.63, 3.8) is 0 Å². The van der Waals surface area contributed by atoms with Crippen molar-refractivity contribution in [3.8, 4) is 0 Å². The topological polar surface area (TPSA) is 49.8 Å². The molecule has 2 rings (SSSR count). The van der Waals surface area contributed by atoms with Crippen LogP contribution in [0, 0.1) is 0 Å². The van der Waals surface area contributed by atoms with Gasteiger partial charge in [0.1, 0.15) is 0 Å². The number of morpholine rings is 1. The summed E-state index contributed by atoms with van der Waals surface area (Å²) in [5.41, 5.74) is 1.19. The molecule has 19 heavy (non-hydrogen) atoms. The zero-order valence-electron chi connectivity index (χ0n) is 11.3.